The van der Waals surface area contributed by atoms with Gasteiger partial charge in [0.1, 0.15) is 6.29 Å². The summed E-state index contributed by atoms with van der Waals surface area (Å²) in [7, 11) is 0. The molecule has 3 nitrogen and oxygen atoms in total. The van der Waals surface area contributed by atoms with Crippen LogP contribution in [0.15, 0.2) is 24.3 Å². The standard InChI is InChI=1S/C14H20N2O/c1-11-4-6-12(7-5-11)14(13(15)10-17)16-8-2-3-9-16/h4-7,10,13-14H,2-3,8-9,15H2,1H3. The highest BCUT2D eigenvalue weighted by atomic mass is 16.1. The van der Waals surface area contributed by atoms with Gasteiger partial charge in [0.25, 0.3) is 0 Å². The maximum absolute atomic E-state index is 11.0. The zero-order valence-electron chi connectivity index (χ0n) is 10.3. The van der Waals surface area contributed by atoms with Crippen molar-refractivity contribution in [1.82, 2.24) is 4.90 Å². The van der Waals surface area contributed by atoms with E-state index >= 15 is 0 Å². The molecule has 0 aliphatic carbocycles. The van der Waals surface area contributed by atoms with Crippen LogP contribution in [0.1, 0.15) is 30.0 Å². The number of likely N-dealkylation sites (tertiary alicyclic amines) is 1. The van der Waals surface area contributed by atoms with E-state index in [1.807, 2.05) is 0 Å². The largest absolute Gasteiger partial charge is 0.320 e. The van der Waals surface area contributed by atoms with Crippen molar-refractivity contribution in [2.45, 2.75) is 31.8 Å². The SMILES string of the molecule is Cc1ccc(C(C(N)C=O)N2CCCC2)cc1. The molecule has 0 spiro atoms. The third kappa shape index (κ3) is 2.73. The average Bonchev–Trinajstić information content (AvgIpc) is 2.85. The quantitative estimate of drug-likeness (QED) is 0.803. The third-order valence-corrected chi connectivity index (χ3v) is 3.47. The number of nitrogens with zero attached hydrogens (tertiary/aromatic N) is 1. The molecule has 0 bridgehead atoms. The van der Waals surface area contributed by atoms with Gasteiger partial charge in [0.15, 0.2) is 0 Å². The van der Waals surface area contributed by atoms with Crippen molar-refractivity contribution in [2.75, 3.05) is 13.1 Å². The molecule has 92 valence electrons. The maximum Gasteiger partial charge on any atom is 0.138 e. The van der Waals surface area contributed by atoms with Crippen LogP contribution in [0.4, 0.5) is 0 Å². The smallest absolute Gasteiger partial charge is 0.138 e. The predicted octanol–water partition coefficient (Wildman–Crippen LogP) is 1.66. The van der Waals surface area contributed by atoms with Gasteiger partial charge in [-0.25, -0.2) is 0 Å². The summed E-state index contributed by atoms with van der Waals surface area (Å²) in [4.78, 5) is 13.3. The van der Waals surface area contributed by atoms with Crippen molar-refractivity contribution < 1.29 is 4.79 Å². The summed E-state index contributed by atoms with van der Waals surface area (Å²) in [6.07, 6.45) is 3.27. The Kier molecular flexibility index (Phi) is 3.92. The lowest BCUT2D eigenvalue weighted by Crippen LogP contribution is -2.40. The van der Waals surface area contributed by atoms with E-state index in [1.165, 1.54) is 18.4 Å². The van der Waals surface area contributed by atoms with E-state index in [-0.39, 0.29) is 6.04 Å². The van der Waals surface area contributed by atoms with Gasteiger partial charge in [-0.15, -0.1) is 0 Å². The molecule has 1 aromatic rings. The van der Waals surface area contributed by atoms with Crippen molar-refractivity contribution >= 4 is 6.29 Å². The molecule has 1 aliphatic heterocycles. The van der Waals surface area contributed by atoms with Crippen LogP contribution in [-0.4, -0.2) is 30.3 Å². The second kappa shape index (κ2) is 5.43. The molecule has 0 amide bonds. The lowest BCUT2D eigenvalue weighted by Gasteiger charge is -2.30. The number of carbonyl (C=O) groups is 1. The third-order valence-electron chi connectivity index (χ3n) is 3.47. The topological polar surface area (TPSA) is 46.3 Å². The minimum absolute atomic E-state index is 0.0376. The molecule has 1 fully saturated rings. The number of nitrogens with two attached hydrogens (primary N) is 1. The fraction of sp³-hybridized carbons (Fsp3) is 0.500. The first-order valence-corrected chi connectivity index (χ1v) is 6.24. The lowest BCUT2D eigenvalue weighted by atomic mass is 9.98. The van der Waals surface area contributed by atoms with Crippen molar-refractivity contribution in [3.8, 4) is 0 Å². The normalized spacial score (nSPS) is 20.1. The highest BCUT2D eigenvalue weighted by Gasteiger charge is 2.28. The molecule has 17 heavy (non-hydrogen) atoms. The van der Waals surface area contributed by atoms with Crippen LogP contribution in [0.3, 0.4) is 0 Å². The Morgan fingerprint density at radius 1 is 1.24 bits per heavy atom. The van der Waals surface area contributed by atoms with Gasteiger partial charge in [-0.05, 0) is 38.4 Å². The van der Waals surface area contributed by atoms with Gasteiger partial charge in [-0.1, -0.05) is 29.8 Å². The summed E-state index contributed by atoms with van der Waals surface area (Å²) in [5.41, 5.74) is 8.34. The number of hydrogen-bond donors (Lipinski definition) is 1. The number of benzene rings is 1. The summed E-state index contributed by atoms with van der Waals surface area (Å²) in [5.74, 6) is 0. The molecule has 2 unspecified atom stereocenters. The number of rotatable bonds is 4. The Hall–Kier alpha value is -1.19. The van der Waals surface area contributed by atoms with E-state index in [4.69, 9.17) is 5.73 Å². The van der Waals surface area contributed by atoms with Gasteiger partial charge in [0.05, 0.1) is 12.1 Å². The van der Waals surface area contributed by atoms with Crippen LogP contribution in [0, 0.1) is 6.92 Å². The second-order valence-corrected chi connectivity index (χ2v) is 4.81. The van der Waals surface area contributed by atoms with Gasteiger partial charge in [-0.3, -0.25) is 4.90 Å². The van der Waals surface area contributed by atoms with Crippen LogP contribution >= 0.6 is 0 Å². The summed E-state index contributed by atoms with van der Waals surface area (Å²) in [5, 5.41) is 0. The molecule has 2 rings (SSSR count). The number of carbonyl (C=O) groups excluding carboxylic acids is 1. The van der Waals surface area contributed by atoms with Crippen LogP contribution in [0.5, 0.6) is 0 Å². The van der Waals surface area contributed by atoms with Crippen LogP contribution in [0.25, 0.3) is 0 Å². The van der Waals surface area contributed by atoms with Gasteiger partial charge in [0.2, 0.25) is 0 Å². The first-order chi connectivity index (χ1) is 8.22. The maximum atomic E-state index is 11.0. The fourth-order valence-electron chi connectivity index (χ4n) is 2.53. The molecule has 0 saturated carbocycles. The van der Waals surface area contributed by atoms with E-state index in [0.717, 1.165) is 24.9 Å². The Balaban J connectivity index is 2.25. The Morgan fingerprint density at radius 3 is 2.35 bits per heavy atom. The van der Waals surface area contributed by atoms with Crippen molar-refractivity contribution in [2.24, 2.45) is 5.73 Å². The van der Waals surface area contributed by atoms with Crippen LogP contribution in [0.2, 0.25) is 0 Å². The first-order valence-electron chi connectivity index (χ1n) is 6.24. The number of aryl methyl sites for hydroxylation is 1. The molecule has 2 atom stereocenters. The Morgan fingerprint density at radius 2 is 1.82 bits per heavy atom. The number of aldehydes is 1. The molecule has 3 heteroatoms. The number of hydrogen-bond acceptors (Lipinski definition) is 3. The molecule has 1 heterocycles. The molecule has 2 N–H and O–H groups in total. The highest BCUT2D eigenvalue weighted by molar-refractivity contribution is 5.59. The monoisotopic (exact) mass is 232 g/mol. The van der Waals surface area contributed by atoms with E-state index in [1.54, 1.807) is 0 Å². The van der Waals surface area contributed by atoms with E-state index in [9.17, 15) is 4.79 Å². The highest BCUT2D eigenvalue weighted by Crippen LogP contribution is 2.27. The fourth-order valence-corrected chi connectivity index (χ4v) is 2.53. The van der Waals surface area contributed by atoms with E-state index in [0.29, 0.717) is 0 Å². The molecule has 0 radical (unpaired) electrons. The zero-order chi connectivity index (χ0) is 12.3. The zero-order valence-corrected chi connectivity index (χ0v) is 10.3. The van der Waals surface area contributed by atoms with Crippen molar-refractivity contribution in [3.05, 3.63) is 35.4 Å². The van der Waals surface area contributed by atoms with Crippen molar-refractivity contribution in [1.29, 1.82) is 0 Å². The molecular weight excluding hydrogens is 212 g/mol. The molecule has 1 saturated heterocycles. The van der Waals surface area contributed by atoms with Crippen molar-refractivity contribution in [3.63, 3.8) is 0 Å². The Bertz CT molecular complexity index is 368. The minimum atomic E-state index is -0.434. The van der Waals surface area contributed by atoms with Gasteiger partial charge >= 0.3 is 0 Å². The molecule has 1 aliphatic rings. The summed E-state index contributed by atoms with van der Waals surface area (Å²) in [6, 6.07) is 7.93. The Labute approximate surface area is 103 Å². The molecular formula is C14H20N2O. The first kappa shape index (κ1) is 12.3. The second-order valence-electron chi connectivity index (χ2n) is 4.81. The summed E-state index contributed by atoms with van der Waals surface area (Å²) in [6.45, 7) is 4.15. The molecule has 0 aromatic heterocycles. The van der Waals surface area contributed by atoms with Gasteiger partial charge < -0.3 is 10.5 Å². The van der Waals surface area contributed by atoms with Crippen LogP contribution in [-0.2, 0) is 4.79 Å². The summed E-state index contributed by atoms with van der Waals surface area (Å²) < 4.78 is 0. The predicted molar refractivity (Wildman–Crippen MR) is 68.8 cm³/mol. The van der Waals surface area contributed by atoms with Gasteiger partial charge in [-0.2, -0.15) is 0 Å². The van der Waals surface area contributed by atoms with Crippen LogP contribution < -0.4 is 5.73 Å². The van der Waals surface area contributed by atoms with Gasteiger partial charge in [0, 0.05) is 0 Å². The van der Waals surface area contributed by atoms with E-state index < -0.39 is 6.04 Å². The lowest BCUT2D eigenvalue weighted by molar-refractivity contribution is -0.110. The molecule has 1 aromatic carbocycles. The minimum Gasteiger partial charge on any atom is -0.320 e. The summed E-state index contributed by atoms with van der Waals surface area (Å²) >= 11 is 0. The average molecular weight is 232 g/mol. The van der Waals surface area contributed by atoms with E-state index in [2.05, 4.69) is 36.1 Å².